The van der Waals surface area contributed by atoms with Crippen molar-refractivity contribution in [1.82, 2.24) is 4.98 Å². The zero-order valence-corrected chi connectivity index (χ0v) is 9.35. The van der Waals surface area contributed by atoms with Crippen LogP contribution in [0.2, 0.25) is 0 Å². The third-order valence-corrected chi connectivity index (χ3v) is 2.08. The van der Waals surface area contributed by atoms with Crippen LogP contribution in [0.1, 0.15) is 20.3 Å². The lowest BCUT2D eigenvalue weighted by molar-refractivity contribution is 0.573. The summed E-state index contributed by atoms with van der Waals surface area (Å²) in [6, 6.07) is 0.750. The van der Waals surface area contributed by atoms with Gasteiger partial charge in [-0.2, -0.15) is 0 Å². The summed E-state index contributed by atoms with van der Waals surface area (Å²) in [6.45, 7) is 4.70. The number of hydrogen-bond donors (Lipinski definition) is 3. The largest absolute Gasteiger partial charge is 0.368 e. The van der Waals surface area contributed by atoms with Crippen LogP contribution in [0, 0.1) is 17.6 Å². The minimum Gasteiger partial charge on any atom is -0.368 e. The fourth-order valence-corrected chi connectivity index (χ4v) is 1.17. The number of nitrogens with one attached hydrogen (secondary N) is 2. The summed E-state index contributed by atoms with van der Waals surface area (Å²) in [7, 11) is 0. The first kappa shape index (κ1) is 12.6. The molecule has 0 saturated carbocycles. The number of pyridine rings is 1. The maximum absolute atomic E-state index is 13.3. The minimum atomic E-state index is -0.811. The molecule has 0 fully saturated rings. The molecule has 16 heavy (non-hydrogen) atoms. The number of nitrogen functional groups attached to an aromatic ring is 1. The first-order chi connectivity index (χ1) is 7.54. The Balaban J connectivity index is 2.72. The second-order valence-corrected chi connectivity index (χ2v) is 3.90. The normalized spacial score (nSPS) is 10.6. The first-order valence-electron chi connectivity index (χ1n) is 5.11. The number of hydrazine groups is 1. The molecule has 4 N–H and O–H groups in total. The van der Waals surface area contributed by atoms with E-state index in [4.69, 9.17) is 5.84 Å². The van der Waals surface area contributed by atoms with Crippen molar-refractivity contribution in [2.75, 3.05) is 17.3 Å². The molecule has 0 saturated heterocycles. The summed E-state index contributed by atoms with van der Waals surface area (Å²) in [6.07, 6.45) is 0.879. The van der Waals surface area contributed by atoms with Crippen LogP contribution < -0.4 is 16.6 Å². The van der Waals surface area contributed by atoms with Crippen molar-refractivity contribution >= 4 is 11.6 Å². The Morgan fingerprint density at radius 3 is 2.50 bits per heavy atom. The predicted molar refractivity (Wildman–Crippen MR) is 59.9 cm³/mol. The molecule has 0 spiro atoms. The Morgan fingerprint density at radius 1 is 1.31 bits per heavy atom. The highest BCUT2D eigenvalue weighted by atomic mass is 19.1. The van der Waals surface area contributed by atoms with E-state index >= 15 is 0 Å². The van der Waals surface area contributed by atoms with E-state index < -0.39 is 11.6 Å². The molecule has 1 rings (SSSR count). The van der Waals surface area contributed by atoms with E-state index in [1.54, 1.807) is 0 Å². The maximum Gasteiger partial charge on any atom is 0.178 e. The predicted octanol–water partition coefficient (Wildman–Crippen LogP) is 2.10. The number of nitrogens with two attached hydrogens (primary N) is 1. The average molecular weight is 230 g/mol. The van der Waals surface area contributed by atoms with Crippen molar-refractivity contribution in [2.24, 2.45) is 11.8 Å². The highest BCUT2D eigenvalue weighted by molar-refractivity contribution is 5.46. The van der Waals surface area contributed by atoms with Crippen LogP contribution in [0.25, 0.3) is 0 Å². The van der Waals surface area contributed by atoms with Crippen LogP contribution in [0.15, 0.2) is 6.07 Å². The summed E-state index contributed by atoms with van der Waals surface area (Å²) >= 11 is 0. The molecule has 1 aromatic heterocycles. The Hall–Kier alpha value is -1.43. The van der Waals surface area contributed by atoms with E-state index in [-0.39, 0.29) is 11.6 Å². The van der Waals surface area contributed by atoms with Crippen LogP contribution in [0.3, 0.4) is 0 Å². The highest BCUT2D eigenvalue weighted by Gasteiger charge is 2.10. The van der Waals surface area contributed by atoms with Crippen molar-refractivity contribution in [2.45, 2.75) is 20.3 Å². The van der Waals surface area contributed by atoms with Gasteiger partial charge in [-0.3, -0.25) is 0 Å². The van der Waals surface area contributed by atoms with Gasteiger partial charge in [0.1, 0.15) is 0 Å². The van der Waals surface area contributed by atoms with Crippen molar-refractivity contribution in [3.63, 3.8) is 0 Å². The summed E-state index contributed by atoms with van der Waals surface area (Å²) in [5.74, 6) is 3.85. The van der Waals surface area contributed by atoms with E-state index in [1.165, 1.54) is 0 Å². The summed E-state index contributed by atoms with van der Waals surface area (Å²) in [5.41, 5.74) is 2.07. The molecule has 0 aromatic carbocycles. The van der Waals surface area contributed by atoms with Crippen LogP contribution >= 0.6 is 0 Å². The zero-order chi connectivity index (χ0) is 12.1. The zero-order valence-electron chi connectivity index (χ0n) is 9.35. The van der Waals surface area contributed by atoms with Crippen LogP contribution in [-0.4, -0.2) is 11.5 Å². The third kappa shape index (κ3) is 3.30. The fourth-order valence-electron chi connectivity index (χ4n) is 1.17. The molecular weight excluding hydrogens is 214 g/mol. The number of hydrogen-bond acceptors (Lipinski definition) is 4. The lowest BCUT2D eigenvalue weighted by Crippen LogP contribution is -2.14. The van der Waals surface area contributed by atoms with Gasteiger partial charge in [0.05, 0.1) is 0 Å². The number of halogens is 2. The minimum absolute atomic E-state index is 0.00926. The van der Waals surface area contributed by atoms with Crippen molar-refractivity contribution in [3.8, 4) is 0 Å². The lowest BCUT2D eigenvalue weighted by Gasteiger charge is -2.10. The highest BCUT2D eigenvalue weighted by Crippen LogP contribution is 2.18. The van der Waals surface area contributed by atoms with Gasteiger partial charge in [0.15, 0.2) is 23.3 Å². The van der Waals surface area contributed by atoms with E-state index in [1.807, 2.05) is 0 Å². The molecule has 90 valence electrons. The number of aromatic nitrogens is 1. The molecule has 1 aromatic rings. The van der Waals surface area contributed by atoms with Crippen molar-refractivity contribution < 1.29 is 8.78 Å². The fraction of sp³-hybridized carbons (Fsp3) is 0.500. The maximum atomic E-state index is 13.3. The Labute approximate surface area is 93.2 Å². The van der Waals surface area contributed by atoms with E-state index in [9.17, 15) is 8.78 Å². The van der Waals surface area contributed by atoms with Crippen LogP contribution in [0.4, 0.5) is 20.4 Å². The van der Waals surface area contributed by atoms with Gasteiger partial charge in [0.2, 0.25) is 0 Å². The van der Waals surface area contributed by atoms with Gasteiger partial charge in [-0.15, -0.1) is 0 Å². The van der Waals surface area contributed by atoms with Gasteiger partial charge in [0.25, 0.3) is 0 Å². The first-order valence-corrected chi connectivity index (χ1v) is 5.11. The second-order valence-electron chi connectivity index (χ2n) is 3.90. The van der Waals surface area contributed by atoms with Crippen molar-refractivity contribution in [1.29, 1.82) is 0 Å². The molecule has 0 radical (unpaired) electrons. The molecule has 4 nitrogen and oxygen atoms in total. The van der Waals surface area contributed by atoms with Crippen LogP contribution in [-0.2, 0) is 0 Å². The standard InChI is InChI=1S/C10H16F2N4/c1-6(2)3-4-14-9-7(11)5-8(12)10(15-9)16-13/h5-6H,3-4,13H2,1-2H3,(H2,14,15,16). The molecule has 6 heteroatoms. The molecular formula is C10H16F2N4. The quantitative estimate of drug-likeness (QED) is 0.535. The van der Waals surface area contributed by atoms with Gasteiger partial charge in [-0.05, 0) is 12.3 Å². The van der Waals surface area contributed by atoms with Crippen LogP contribution in [0.5, 0.6) is 0 Å². The molecule has 0 unspecified atom stereocenters. The topological polar surface area (TPSA) is 63.0 Å². The summed E-state index contributed by atoms with van der Waals surface area (Å²) in [5, 5.41) is 2.80. The van der Waals surface area contributed by atoms with Gasteiger partial charge in [-0.1, -0.05) is 13.8 Å². The molecule has 0 bridgehead atoms. The molecule has 0 amide bonds. The Bertz CT molecular complexity index is 355. The van der Waals surface area contributed by atoms with Gasteiger partial charge >= 0.3 is 0 Å². The second kappa shape index (κ2) is 5.60. The Morgan fingerprint density at radius 2 is 1.94 bits per heavy atom. The van der Waals surface area contributed by atoms with Crippen molar-refractivity contribution in [3.05, 3.63) is 17.7 Å². The molecule has 0 aliphatic rings. The SMILES string of the molecule is CC(C)CCNc1nc(NN)c(F)cc1F. The smallest absolute Gasteiger partial charge is 0.178 e. The molecule has 0 aliphatic carbocycles. The van der Waals surface area contributed by atoms with Gasteiger partial charge < -0.3 is 10.7 Å². The molecule has 1 heterocycles. The molecule has 0 atom stereocenters. The van der Waals surface area contributed by atoms with E-state index in [0.717, 1.165) is 12.5 Å². The molecule has 0 aliphatic heterocycles. The average Bonchev–Trinajstić information content (AvgIpc) is 2.20. The van der Waals surface area contributed by atoms with Gasteiger partial charge in [0, 0.05) is 12.6 Å². The number of anilines is 2. The lowest BCUT2D eigenvalue weighted by atomic mass is 10.1. The van der Waals surface area contributed by atoms with Gasteiger partial charge in [-0.25, -0.2) is 19.6 Å². The monoisotopic (exact) mass is 230 g/mol. The number of rotatable bonds is 5. The summed E-state index contributed by atoms with van der Waals surface area (Å²) in [4.78, 5) is 3.69. The summed E-state index contributed by atoms with van der Waals surface area (Å²) < 4.78 is 26.3. The third-order valence-electron chi connectivity index (χ3n) is 2.08. The van der Waals surface area contributed by atoms with E-state index in [2.05, 4.69) is 29.6 Å². The Kier molecular flexibility index (Phi) is 4.42. The van der Waals surface area contributed by atoms with E-state index in [0.29, 0.717) is 12.5 Å². The number of nitrogens with zero attached hydrogens (tertiary/aromatic N) is 1.